The Morgan fingerprint density at radius 1 is 0.562 bits per heavy atom. The Morgan fingerprint density at radius 3 is 1.12 bits per heavy atom. The molecule has 0 fully saturated rings. The van der Waals surface area contributed by atoms with Gasteiger partial charge >= 0.3 is 6.03 Å². The maximum absolute atomic E-state index is 13.2. The number of benzene rings is 4. The van der Waals surface area contributed by atoms with Crippen molar-refractivity contribution in [1.29, 1.82) is 0 Å². The quantitative estimate of drug-likeness (QED) is 0.422. The van der Waals surface area contributed by atoms with Crippen LogP contribution in [0.15, 0.2) is 97.1 Å². The second kappa shape index (κ2) is 7.17. The molecule has 4 aromatic carbocycles. The van der Waals surface area contributed by atoms with Crippen LogP contribution < -0.4 is 15.2 Å². The molecule has 0 aliphatic carbocycles. The van der Waals surface area contributed by atoms with Crippen molar-refractivity contribution in [3.8, 4) is 23.0 Å². The molecule has 5 heteroatoms. The molecule has 2 N–H and O–H groups in total. The lowest BCUT2D eigenvalue weighted by Crippen LogP contribution is -2.44. The van der Waals surface area contributed by atoms with Gasteiger partial charge in [0.25, 0.3) is 0 Å². The van der Waals surface area contributed by atoms with E-state index in [-0.39, 0.29) is 0 Å². The van der Waals surface area contributed by atoms with Crippen molar-refractivity contribution < 1.29 is 14.3 Å². The molecule has 5 nitrogen and oxygen atoms in total. The second-order valence-corrected chi connectivity index (χ2v) is 7.91. The monoisotopic (exact) mass is 420 g/mol. The van der Waals surface area contributed by atoms with E-state index < -0.39 is 18.1 Å². The van der Waals surface area contributed by atoms with Gasteiger partial charge in [-0.2, -0.15) is 0 Å². The van der Waals surface area contributed by atoms with Crippen molar-refractivity contribution in [3.63, 3.8) is 0 Å². The van der Waals surface area contributed by atoms with Gasteiger partial charge in [0.1, 0.15) is 23.0 Å². The van der Waals surface area contributed by atoms with Gasteiger partial charge in [-0.05, 0) is 24.3 Å². The van der Waals surface area contributed by atoms with E-state index in [2.05, 4.69) is 0 Å². The summed E-state index contributed by atoms with van der Waals surface area (Å²) in [6.45, 7) is 0. The summed E-state index contributed by atoms with van der Waals surface area (Å²) in [4.78, 5) is 15.0. The first-order valence-corrected chi connectivity index (χ1v) is 10.5. The fraction of sp³-hybridized carbons (Fsp3) is 0.0741. The zero-order valence-electron chi connectivity index (χ0n) is 17.1. The number of hydrogen-bond donors (Lipinski definition) is 1. The smallest absolute Gasteiger partial charge is 0.316 e. The lowest BCUT2D eigenvalue weighted by Gasteiger charge is -2.42. The summed E-state index contributed by atoms with van der Waals surface area (Å²) >= 11 is 0. The number of para-hydroxylation sites is 4. The third kappa shape index (κ3) is 2.75. The molecule has 2 amide bonds. The second-order valence-electron chi connectivity index (χ2n) is 7.91. The van der Waals surface area contributed by atoms with E-state index in [1.165, 1.54) is 0 Å². The number of carbonyl (C=O) groups is 1. The number of carbonyl (C=O) groups excluding carboxylic acids is 1. The summed E-state index contributed by atoms with van der Waals surface area (Å²) in [7, 11) is 0. The summed E-state index contributed by atoms with van der Waals surface area (Å²) in [5.41, 5.74) is 9.71. The number of amides is 2. The topological polar surface area (TPSA) is 64.8 Å². The van der Waals surface area contributed by atoms with Crippen LogP contribution in [0.5, 0.6) is 23.0 Å². The third-order valence-electron chi connectivity index (χ3n) is 6.11. The molecule has 0 atom stereocenters. The normalized spacial score (nSPS) is 14.1. The van der Waals surface area contributed by atoms with E-state index in [9.17, 15) is 4.79 Å². The Hall–Kier alpha value is -4.25. The van der Waals surface area contributed by atoms with Gasteiger partial charge in [0, 0.05) is 22.3 Å². The van der Waals surface area contributed by atoms with Gasteiger partial charge in [-0.25, -0.2) is 4.79 Å². The first-order valence-electron chi connectivity index (χ1n) is 10.5. The minimum absolute atomic E-state index is 0.419. The Balaban J connectivity index is 1.62. The van der Waals surface area contributed by atoms with Gasteiger partial charge < -0.3 is 20.1 Å². The SMILES string of the molecule is NC(=O)N(C1c2ccccc2Oc2ccccc21)C1c2ccccc2Oc2ccccc21. The van der Waals surface area contributed by atoms with Crippen molar-refractivity contribution in [3.05, 3.63) is 119 Å². The van der Waals surface area contributed by atoms with Gasteiger partial charge in [0.15, 0.2) is 0 Å². The van der Waals surface area contributed by atoms with Crippen LogP contribution in [0.2, 0.25) is 0 Å². The Morgan fingerprint density at radius 2 is 0.844 bits per heavy atom. The predicted molar refractivity (Wildman–Crippen MR) is 121 cm³/mol. The zero-order valence-corrected chi connectivity index (χ0v) is 17.1. The maximum Gasteiger partial charge on any atom is 0.316 e. The molecule has 32 heavy (non-hydrogen) atoms. The number of primary amides is 1. The number of urea groups is 1. The van der Waals surface area contributed by atoms with E-state index in [0.717, 1.165) is 45.3 Å². The number of nitrogens with zero attached hydrogens (tertiary/aromatic N) is 1. The van der Waals surface area contributed by atoms with Crippen molar-refractivity contribution in [1.82, 2.24) is 4.90 Å². The molecule has 2 aliphatic heterocycles. The van der Waals surface area contributed by atoms with Crippen LogP contribution in [-0.4, -0.2) is 10.9 Å². The van der Waals surface area contributed by atoms with Crippen LogP contribution in [-0.2, 0) is 0 Å². The number of nitrogens with two attached hydrogens (primary N) is 1. The van der Waals surface area contributed by atoms with Crippen LogP contribution in [0, 0.1) is 0 Å². The molecular weight excluding hydrogens is 400 g/mol. The molecule has 0 saturated heterocycles. The largest absolute Gasteiger partial charge is 0.457 e. The van der Waals surface area contributed by atoms with Crippen molar-refractivity contribution in [2.45, 2.75) is 12.1 Å². The Labute approximate surface area is 185 Å². The number of rotatable bonds is 2. The van der Waals surface area contributed by atoms with E-state index >= 15 is 0 Å². The van der Waals surface area contributed by atoms with Gasteiger partial charge in [-0.15, -0.1) is 0 Å². The van der Waals surface area contributed by atoms with E-state index in [4.69, 9.17) is 15.2 Å². The number of fused-ring (bicyclic) bond motifs is 4. The highest BCUT2D eigenvalue weighted by Crippen LogP contribution is 2.52. The minimum Gasteiger partial charge on any atom is -0.457 e. The molecule has 0 unspecified atom stereocenters. The molecule has 0 saturated carbocycles. The van der Waals surface area contributed by atoms with Crippen LogP contribution in [0.4, 0.5) is 4.79 Å². The maximum atomic E-state index is 13.2. The molecular formula is C27H20N2O3. The highest BCUT2D eigenvalue weighted by atomic mass is 16.5. The van der Waals surface area contributed by atoms with Crippen LogP contribution >= 0.6 is 0 Å². The van der Waals surface area contributed by atoms with Crippen LogP contribution in [0.3, 0.4) is 0 Å². The summed E-state index contributed by atoms with van der Waals surface area (Å²) in [6.07, 6.45) is 0. The minimum atomic E-state index is -0.516. The van der Waals surface area contributed by atoms with Crippen LogP contribution in [0.1, 0.15) is 34.3 Å². The van der Waals surface area contributed by atoms with Gasteiger partial charge in [-0.1, -0.05) is 72.8 Å². The van der Waals surface area contributed by atoms with Crippen LogP contribution in [0.25, 0.3) is 0 Å². The van der Waals surface area contributed by atoms with Crippen molar-refractivity contribution in [2.24, 2.45) is 5.73 Å². The molecule has 0 bridgehead atoms. The molecule has 4 aromatic rings. The third-order valence-corrected chi connectivity index (χ3v) is 6.11. The standard InChI is InChI=1S/C27H20N2O3/c28-27(30)29(25-17-9-1-5-13-21(17)31-22-14-6-2-10-18(22)25)26-19-11-3-7-15-23(19)32-24-16-8-4-12-20(24)26/h1-16,25-26H,(H2,28,30). The average molecular weight is 420 g/mol. The first kappa shape index (κ1) is 18.5. The highest BCUT2D eigenvalue weighted by Gasteiger charge is 2.41. The lowest BCUT2D eigenvalue weighted by molar-refractivity contribution is 0.167. The van der Waals surface area contributed by atoms with E-state index in [1.807, 2.05) is 97.1 Å². The average Bonchev–Trinajstić information content (AvgIpc) is 2.83. The summed E-state index contributed by atoms with van der Waals surface area (Å²) < 4.78 is 12.3. The fourth-order valence-electron chi connectivity index (χ4n) is 4.77. The van der Waals surface area contributed by atoms with Crippen molar-refractivity contribution in [2.75, 3.05) is 0 Å². The van der Waals surface area contributed by atoms with E-state index in [1.54, 1.807) is 4.90 Å². The molecule has 2 heterocycles. The first-order chi connectivity index (χ1) is 15.7. The van der Waals surface area contributed by atoms with E-state index in [0.29, 0.717) is 0 Å². The zero-order chi connectivity index (χ0) is 21.7. The van der Waals surface area contributed by atoms with Gasteiger partial charge in [-0.3, -0.25) is 0 Å². The molecule has 0 aromatic heterocycles. The molecule has 2 aliphatic rings. The molecule has 6 rings (SSSR count). The molecule has 156 valence electrons. The highest BCUT2D eigenvalue weighted by molar-refractivity contribution is 5.76. The summed E-state index contributed by atoms with van der Waals surface area (Å²) in [5, 5.41) is 0. The summed E-state index contributed by atoms with van der Waals surface area (Å²) in [5.74, 6) is 2.87. The Bertz CT molecular complexity index is 1160. The van der Waals surface area contributed by atoms with Gasteiger partial charge in [0.05, 0.1) is 12.1 Å². The number of ether oxygens (including phenoxy) is 2. The molecule has 0 spiro atoms. The fourth-order valence-corrected chi connectivity index (χ4v) is 4.77. The molecule has 0 radical (unpaired) electrons. The van der Waals surface area contributed by atoms with Crippen molar-refractivity contribution >= 4 is 6.03 Å². The Kier molecular flexibility index (Phi) is 4.15. The number of hydrogen-bond acceptors (Lipinski definition) is 3. The lowest BCUT2D eigenvalue weighted by atomic mass is 9.87. The summed E-state index contributed by atoms with van der Waals surface area (Å²) in [6, 6.07) is 29.8. The van der Waals surface area contributed by atoms with Gasteiger partial charge in [0.2, 0.25) is 0 Å². The predicted octanol–water partition coefficient (Wildman–Crippen LogP) is 6.16.